The molecule has 1 aromatic heterocycles. The van der Waals surface area contributed by atoms with E-state index in [1.54, 1.807) is 7.11 Å². The van der Waals surface area contributed by atoms with Gasteiger partial charge in [-0.25, -0.2) is 13.0 Å². The molecule has 1 rings (SSSR count). The van der Waals surface area contributed by atoms with Crippen LogP contribution in [-0.2, 0) is 16.7 Å². The summed E-state index contributed by atoms with van der Waals surface area (Å²) in [4.78, 5) is 0. The number of hydrogen-bond acceptors (Lipinski definition) is 4. The number of hydrogen-bond donors (Lipinski definition) is 0. The van der Waals surface area contributed by atoms with Gasteiger partial charge in [0.2, 0.25) is 0 Å². The number of nitrogens with zero attached hydrogens (tertiary/aromatic N) is 1. The Morgan fingerprint density at radius 3 is 2.17 bits per heavy atom. The average molecular weight is 273 g/mol. The van der Waals surface area contributed by atoms with Crippen LogP contribution in [0.2, 0.25) is 0 Å². The largest absolute Gasteiger partial charge is 0.748 e. The van der Waals surface area contributed by atoms with Crippen LogP contribution in [0.3, 0.4) is 0 Å². The number of methoxy groups -OCH3 is 1. The topological polar surface area (TPSA) is 70.3 Å². The first-order chi connectivity index (χ1) is 8.28. The van der Waals surface area contributed by atoms with Crippen molar-refractivity contribution >= 4 is 10.1 Å². The lowest BCUT2D eigenvalue weighted by atomic mass is 10.4. The smallest absolute Gasteiger partial charge is 0.172 e. The molecular weight excluding hydrogens is 254 g/mol. The third-order valence-corrected chi connectivity index (χ3v) is 2.73. The molecule has 0 radical (unpaired) electrons. The normalized spacial score (nSPS) is 10.2. The number of aromatic nitrogens is 1. The maximum atomic E-state index is 9.83. The highest BCUT2D eigenvalue weighted by Crippen LogP contribution is 2.03. The van der Waals surface area contributed by atoms with Crippen LogP contribution < -0.4 is 9.30 Å². The first-order valence-corrected chi connectivity index (χ1v) is 6.97. The molecule has 0 unspecified atom stereocenters. The van der Waals surface area contributed by atoms with Crippen molar-refractivity contribution in [3.8, 4) is 5.75 Å². The molecule has 0 spiro atoms. The Labute approximate surface area is 108 Å². The highest BCUT2D eigenvalue weighted by atomic mass is 32.2. The lowest BCUT2D eigenvalue weighted by Crippen LogP contribution is -2.30. The molecule has 102 valence electrons. The van der Waals surface area contributed by atoms with Gasteiger partial charge in [-0.05, 0) is 13.8 Å². The minimum absolute atomic E-state index is 0.375. The van der Waals surface area contributed by atoms with Gasteiger partial charge in [0.1, 0.15) is 12.3 Å². The molecule has 5 nitrogen and oxygen atoms in total. The summed E-state index contributed by atoms with van der Waals surface area (Å²) in [5.41, 5.74) is 0.375. The van der Waals surface area contributed by atoms with Gasteiger partial charge in [-0.3, -0.25) is 0 Å². The highest BCUT2D eigenvalue weighted by molar-refractivity contribution is 7.85. The molecule has 0 N–H and O–H groups in total. The van der Waals surface area contributed by atoms with E-state index < -0.39 is 15.9 Å². The molecule has 0 bridgehead atoms. The molecule has 1 aromatic rings. The number of rotatable bonds is 4. The van der Waals surface area contributed by atoms with Crippen LogP contribution in [0.5, 0.6) is 5.75 Å². The Balaban J connectivity index is 0.000000331. The lowest BCUT2D eigenvalue weighted by Gasteiger charge is -2.03. The zero-order chi connectivity index (χ0) is 14.2. The van der Waals surface area contributed by atoms with Gasteiger partial charge < -0.3 is 9.29 Å². The van der Waals surface area contributed by atoms with Gasteiger partial charge in [0.05, 0.1) is 23.0 Å². The Morgan fingerprint density at radius 1 is 1.44 bits per heavy atom. The molecule has 0 amide bonds. The molecule has 6 heteroatoms. The molecular formula is C12H19NO4S. The molecule has 0 aliphatic heterocycles. The number of aryl methyl sites for hydroxylation is 1. The Hall–Kier alpha value is -1.40. The Morgan fingerprint density at radius 2 is 1.94 bits per heavy atom. The standard InChI is InChI=1S/C8H12NO.C4H8O3S/c1-3-9-6-4-8(10-2)5-7-9;1-4(2)3-8(5,6)7/h4-7H,3H2,1-2H3;1,3H2,2H3,(H,5,6,7)/q+1;/p-1. The molecule has 0 saturated heterocycles. The fraction of sp³-hybridized carbons (Fsp3) is 0.417. The summed E-state index contributed by atoms with van der Waals surface area (Å²) in [6.45, 7) is 7.86. The van der Waals surface area contributed by atoms with Crippen molar-refractivity contribution in [1.82, 2.24) is 0 Å². The fourth-order valence-electron chi connectivity index (χ4n) is 1.09. The van der Waals surface area contributed by atoms with E-state index in [0.717, 1.165) is 12.3 Å². The van der Waals surface area contributed by atoms with E-state index in [-0.39, 0.29) is 0 Å². The molecule has 0 fully saturated rings. The van der Waals surface area contributed by atoms with Crippen molar-refractivity contribution in [2.45, 2.75) is 20.4 Å². The second-order valence-corrected chi connectivity index (χ2v) is 5.13. The summed E-state index contributed by atoms with van der Waals surface area (Å²) in [6.07, 6.45) is 4.00. The van der Waals surface area contributed by atoms with E-state index in [0.29, 0.717) is 5.57 Å². The number of ether oxygens (including phenoxy) is 1. The quantitative estimate of drug-likeness (QED) is 0.468. The number of pyridine rings is 1. The van der Waals surface area contributed by atoms with Crippen molar-refractivity contribution in [3.05, 3.63) is 36.7 Å². The third kappa shape index (κ3) is 8.72. The van der Waals surface area contributed by atoms with Gasteiger partial charge in [-0.2, -0.15) is 0 Å². The average Bonchev–Trinajstić information content (AvgIpc) is 2.26. The van der Waals surface area contributed by atoms with Gasteiger partial charge in [0.25, 0.3) is 0 Å². The van der Waals surface area contributed by atoms with E-state index in [9.17, 15) is 13.0 Å². The molecule has 18 heavy (non-hydrogen) atoms. The lowest BCUT2D eigenvalue weighted by molar-refractivity contribution is -0.693. The summed E-state index contributed by atoms with van der Waals surface area (Å²) >= 11 is 0. The van der Waals surface area contributed by atoms with Crippen molar-refractivity contribution in [2.24, 2.45) is 0 Å². The molecule has 1 heterocycles. The van der Waals surface area contributed by atoms with Crippen LogP contribution >= 0.6 is 0 Å². The zero-order valence-corrected chi connectivity index (χ0v) is 11.7. The molecule has 0 aliphatic carbocycles. The maximum absolute atomic E-state index is 9.83. The van der Waals surface area contributed by atoms with E-state index in [1.165, 1.54) is 6.92 Å². The van der Waals surface area contributed by atoms with Crippen LogP contribution in [0.25, 0.3) is 0 Å². The monoisotopic (exact) mass is 273 g/mol. The third-order valence-electron chi connectivity index (χ3n) is 1.88. The van der Waals surface area contributed by atoms with Crippen LogP contribution in [-0.4, -0.2) is 25.8 Å². The van der Waals surface area contributed by atoms with E-state index in [4.69, 9.17) is 4.74 Å². The van der Waals surface area contributed by atoms with Crippen molar-refractivity contribution in [2.75, 3.05) is 12.9 Å². The van der Waals surface area contributed by atoms with Crippen molar-refractivity contribution < 1.29 is 22.3 Å². The van der Waals surface area contributed by atoms with Gasteiger partial charge in [-0.1, -0.05) is 12.2 Å². The van der Waals surface area contributed by atoms with Crippen LogP contribution in [0, 0.1) is 0 Å². The Kier molecular flexibility index (Phi) is 7.23. The second-order valence-electron chi connectivity index (χ2n) is 3.73. The highest BCUT2D eigenvalue weighted by Gasteiger charge is 1.94. The Bertz CT molecular complexity index is 442. The van der Waals surface area contributed by atoms with Gasteiger partial charge in [0.15, 0.2) is 12.4 Å². The molecule has 0 aliphatic rings. The summed E-state index contributed by atoms with van der Waals surface area (Å²) < 4.78 is 36.6. The zero-order valence-electron chi connectivity index (χ0n) is 10.9. The second kappa shape index (κ2) is 7.84. The summed E-state index contributed by atoms with van der Waals surface area (Å²) in [7, 11) is -2.40. The fourth-order valence-corrected chi connectivity index (χ4v) is 1.70. The van der Waals surface area contributed by atoms with Gasteiger partial charge in [0, 0.05) is 12.1 Å². The first-order valence-electron chi connectivity index (χ1n) is 5.39. The predicted molar refractivity (Wildman–Crippen MR) is 68.2 cm³/mol. The summed E-state index contributed by atoms with van der Waals surface area (Å²) in [6, 6.07) is 3.90. The minimum Gasteiger partial charge on any atom is -0.748 e. The van der Waals surface area contributed by atoms with Crippen molar-refractivity contribution in [1.29, 1.82) is 0 Å². The summed E-state index contributed by atoms with van der Waals surface area (Å²) in [5.74, 6) is 0.456. The van der Waals surface area contributed by atoms with Crippen LogP contribution in [0.4, 0.5) is 0 Å². The van der Waals surface area contributed by atoms with Gasteiger partial charge >= 0.3 is 0 Å². The molecule has 0 aromatic carbocycles. The summed E-state index contributed by atoms with van der Waals surface area (Å²) in [5, 5.41) is 0. The first kappa shape index (κ1) is 16.6. The van der Waals surface area contributed by atoms with Crippen molar-refractivity contribution in [3.63, 3.8) is 0 Å². The van der Waals surface area contributed by atoms with E-state index in [1.807, 2.05) is 24.5 Å². The van der Waals surface area contributed by atoms with Crippen LogP contribution in [0.1, 0.15) is 13.8 Å². The van der Waals surface area contributed by atoms with Crippen LogP contribution in [0.15, 0.2) is 36.7 Å². The maximum Gasteiger partial charge on any atom is 0.172 e. The van der Waals surface area contributed by atoms with Gasteiger partial charge in [-0.15, -0.1) is 0 Å². The van der Waals surface area contributed by atoms with E-state index >= 15 is 0 Å². The molecule has 0 saturated carbocycles. The molecule has 0 atom stereocenters. The minimum atomic E-state index is -4.07. The predicted octanol–water partition coefficient (Wildman–Crippen LogP) is 1.11. The van der Waals surface area contributed by atoms with E-state index in [2.05, 4.69) is 18.1 Å². The SMILES string of the molecule is C=C(C)CS(=O)(=O)[O-].CC[n+]1ccc(OC)cc1.